The van der Waals surface area contributed by atoms with E-state index in [2.05, 4.69) is 5.10 Å². The number of aryl methyl sites for hydroxylation is 1. The molecule has 136 valence electrons. The molecule has 2 aromatic rings. The zero-order valence-corrected chi connectivity index (χ0v) is 14.7. The molecule has 7 heteroatoms. The third-order valence-corrected chi connectivity index (χ3v) is 6.08. The molecular weight excluding hydrogens is 351 g/mol. The predicted octanol–water partition coefficient (Wildman–Crippen LogP) is 5.49. The van der Waals surface area contributed by atoms with E-state index in [0.29, 0.717) is 18.0 Å². The van der Waals surface area contributed by atoms with Gasteiger partial charge in [0.2, 0.25) is 0 Å². The summed E-state index contributed by atoms with van der Waals surface area (Å²) in [5.74, 6) is -1.10. The Labute approximate surface area is 149 Å². The summed E-state index contributed by atoms with van der Waals surface area (Å²) in [7, 11) is 0. The minimum absolute atomic E-state index is 0.0659. The number of aromatic nitrogens is 3. The van der Waals surface area contributed by atoms with Gasteiger partial charge in [-0.05, 0) is 51.4 Å². The maximum absolute atomic E-state index is 12.8. The monoisotopic (exact) mass is 371 g/mol. The molecule has 0 spiro atoms. The summed E-state index contributed by atoms with van der Waals surface area (Å²) in [6, 6.07) is 1.91. The lowest BCUT2D eigenvalue weighted by molar-refractivity contribution is -0.182. The van der Waals surface area contributed by atoms with Gasteiger partial charge in [0.05, 0.1) is 11.6 Å². The van der Waals surface area contributed by atoms with E-state index < -0.39 is 12.1 Å². The van der Waals surface area contributed by atoms with Crippen LogP contribution >= 0.6 is 11.6 Å². The molecule has 0 atom stereocenters. The lowest BCUT2D eigenvalue weighted by Crippen LogP contribution is -2.27. The van der Waals surface area contributed by atoms with Crippen molar-refractivity contribution in [3.63, 3.8) is 0 Å². The Kier molecular flexibility index (Phi) is 4.42. The lowest BCUT2D eigenvalue weighted by Gasteiger charge is -2.28. The summed E-state index contributed by atoms with van der Waals surface area (Å²) in [4.78, 5) is 4.74. The van der Waals surface area contributed by atoms with E-state index in [-0.39, 0.29) is 18.8 Å². The molecule has 1 fully saturated rings. The Morgan fingerprint density at radius 3 is 2.48 bits per heavy atom. The Bertz CT molecular complexity index is 776. The fourth-order valence-electron chi connectivity index (χ4n) is 4.21. The molecule has 4 rings (SSSR count). The van der Waals surface area contributed by atoms with Gasteiger partial charge >= 0.3 is 6.18 Å². The summed E-state index contributed by atoms with van der Waals surface area (Å²) < 4.78 is 40.2. The Balaban J connectivity index is 1.61. The van der Waals surface area contributed by atoms with E-state index in [1.54, 1.807) is 4.52 Å². The quantitative estimate of drug-likeness (QED) is 0.490. The van der Waals surface area contributed by atoms with Crippen molar-refractivity contribution in [1.82, 2.24) is 14.6 Å². The largest absolute Gasteiger partial charge is 0.391 e. The number of alkyl halides is 3. The molecule has 0 saturated heterocycles. The molecule has 2 aliphatic rings. The van der Waals surface area contributed by atoms with Crippen LogP contribution in [0.25, 0.3) is 5.65 Å². The van der Waals surface area contributed by atoms with Gasteiger partial charge in [0.15, 0.2) is 5.65 Å². The van der Waals surface area contributed by atoms with Crippen LogP contribution in [0.3, 0.4) is 0 Å². The molecule has 0 amide bonds. The first-order valence-electron chi connectivity index (χ1n) is 9.07. The van der Waals surface area contributed by atoms with Crippen molar-refractivity contribution in [2.24, 2.45) is 5.92 Å². The van der Waals surface area contributed by atoms with Crippen LogP contribution in [-0.4, -0.2) is 20.8 Å². The van der Waals surface area contributed by atoms with Crippen molar-refractivity contribution >= 4 is 17.2 Å². The van der Waals surface area contributed by atoms with E-state index in [1.807, 2.05) is 6.07 Å². The highest BCUT2D eigenvalue weighted by Crippen LogP contribution is 2.42. The average molecular weight is 372 g/mol. The normalized spacial score (nSPS) is 25.0. The molecule has 0 bridgehead atoms. The van der Waals surface area contributed by atoms with Gasteiger partial charge in [-0.3, -0.25) is 0 Å². The second kappa shape index (κ2) is 6.45. The van der Waals surface area contributed by atoms with Crippen molar-refractivity contribution in [1.29, 1.82) is 0 Å². The van der Waals surface area contributed by atoms with Crippen LogP contribution in [0.4, 0.5) is 13.2 Å². The van der Waals surface area contributed by atoms with Gasteiger partial charge in [-0.15, -0.1) is 0 Å². The number of hydrogen-bond donors (Lipinski definition) is 0. The van der Waals surface area contributed by atoms with Crippen LogP contribution < -0.4 is 0 Å². The van der Waals surface area contributed by atoms with Gasteiger partial charge < -0.3 is 0 Å². The fourth-order valence-corrected chi connectivity index (χ4v) is 4.53. The Morgan fingerprint density at radius 2 is 1.76 bits per heavy atom. The maximum Gasteiger partial charge on any atom is 0.391 e. The SMILES string of the molecule is FC(F)(F)[C@H]1CC[C@H](c2cc3nc4c(c(Cl)n3n2)CCCCC4)CC1. The molecule has 2 aromatic heterocycles. The molecule has 25 heavy (non-hydrogen) atoms. The van der Waals surface area contributed by atoms with Gasteiger partial charge in [0, 0.05) is 23.2 Å². The second-order valence-corrected chi connectivity index (χ2v) is 7.68. The molecule has 0 aromatic carbocycles. The molecule has 1 saturated carbocycles. The number of rotatable bonds is 1. The highest BCUT2D eigenvalue weighted by atomic mass is 35.5. The zero-order valence-electron chi connectivity index (χ0n) is 13.9. The van der Waals surface area contributed by atoms with Crippen molar-refractivity contribution in [3.8, 4) is 0 Å². The predicted molar refractivity (Wildman–Crippen MR) is 90.0 cm³/mol. The van der Waals surface area contributed by atoms with Crippen LogP contribution in [0.2, 0.25) is 5.15 Å². The second-order valence-electron chi connectivity index (χ2n) is 7.32. The van der Waals surface area contributed by atoms with Crippen LogP contribution in [0.15, 0.2) is 6.07 Å². The lowest BCUT2D eigenvalue weighted by atomic mass is 9.80. The van der Waals surface area contributed by atoms with Crippen molar-refractivity contribution in [2.75, 3.05) is 0 Å². The first kappa shape index (κ1) is 17.1. The molecule has 0 N–H and O–H groups in total. The van der Waals surface area contributed by atoms with Crippen LogP contribution in [-0.2, 0) is 12.8 Å². The third-order valence-electron chi connectivity index (χ3n) is 5.69. The number of fused-ring (bicyclic) bond motifs is 2. The average Bonchev–Trinajstić information content (AvgIpc) is 2.86. The van der Waals surface area contributed by atoms with Gasteiger partial charge in [-0.1, -0.05) is 18.0 Å². The van der Waals surface area contributed by atoms with Crippen LogP contribution in [0.5, 0.6) is 0 Å². The third kappa shape index (κ3) is 3.25. The summed E-state index contributed by atoms with van der Waals surface area (Å²) in [5.41, 5.74) is 3.69. The molecule has 3 nitrogen and oxygen atoms in total. The highest BCUT2D eigenvalue weighted by Gasteiger charge is 2.42. The van der Waals surface area contributed by atoms with Gasteiger partial charge in [0.25, 0.3) is 0 Å². The zero-order chi connectivity index (χ0) is 17.6. The van der Waals surface area contributed by atoms with Crippen LogP contribution in [0, 0.1) is 5.92 Å². The molecule has 0 unspecified atom stereocenters. The van der Waals surface area contributed by atoms with E-state index >= 15 is 0 Å². The number of halogens is 4. The molecule has 0 aliphatic heterocycles. The van der Waals surface area contributed by atoms with Crippen molar-refractivity contribution in [2.45, 2.75) is 69.9 Å². The highest BCUT2D eigenvalue weighted by molar-refractivity contribution is 6.30. The molecule has 2 aliphatic carbocycles. The van der Waals surface area contributed by atoms with Crippen LogP contribution in [0.1, 0.15) is 67.8 Å². The van der Waals surface area contributed by atoms with Crippen molar-refractivity contribution in [3.05, 3.63) is 28.2 Å². The smallest absolute Gasteiger partial charge is 0.233 e. The number of hydrogen-bond acceptors (Lipinski definition) is 2. The van der Waals surface area contributed by atoms with Gasteiger partial charge in [0.1, 0.15) is 5.15 Å². The Hall–Kier alpha value is -1.30. The topological polar surface area (TPSA) is 30.2 Å². The molecule has 0 radical (unpaired) electrons. The standard InChI is InChI=1S/C18H21ClF3N3/c19-17-13-4-2-1-3-5-14(13)23-16-10-15(24-25(16)17)11-6-8-12(9-7-11)18(20,21)22/h10-12H,1-9H2/t11-,12-. The summed E-state index contributed by atoms with van der Waals surface area (Å²) >= 11 is 6.58. The summed E-state index contributed by atoms with van der Waals surface area (Å²) in [5, 5.41) is 5.23. The summed E-state index contributed by atoms with van der Waals surface area (Å²) in [6.45, 7) is 0. The number of nitrogens with zero attached hydrogens (tertiary/aromatic N) is 3. The summed E-state index contributed by atoms with van der Waals surface area (Å²) in [6.07, 6.45) is 2.58. The first-order chi connectivity index (χ1) is 11.9. The minimum Gasteiger partial charge on any atom is -0.233 e. The van der Waals surface area contributed by atoms with Crippen molar-refractivity contribution < 1.29 is 13.2 Å². The van der Waals surface area contributed by atoms with E-state index in [4.69, 9.17) is 16.6 Å². The van der Waals surface area contributed by atoms with E-state index in [0.717, 1.165) is 48.3 Å². The Morgan fingerprint density at radius 1 is 1.04 bits per heavy atom. The first-order valence-corrected chi connectivity index (χ1v) is 9.45. The van der Waals surface area contributed by atoms with Gasteiger partial charge in [-0.25, -0.2) is 9.50 Å². The van der Waals surface area contributed by atoms with E-state index in [1.165, 1.54) is 6.42 Å². The maximum atomic E-state index is 12.8. The van der Waals surface area contributed by atoms with E-state index in [9.17, 15) is 13.2 Å². The molecular formula is C18H21ClF3N3. The van der Waals surface area contributed by atoms with Gasteiger partial charge in [-0.2, -0.15) is 18.3 Å². The fraction of sp³-hybridized carbons (Fsp3) is 0.667. The molecule has 2 heterocycles. The minimum atomic E-state index is -4.08.